The average molecular weight is 346 g/mol. The summed E-state index contributed by atoms with van der Waals surface area (Å²) < 4.78 is 17.2. The number of carbonyl (C=O) groups excluding carboxylic acids is 2. The van der Waals surface area contributed by atoms with Crippen molar-refractivity contribution < 1.29 is 23.8 Å². The Labute approximate surface area is 146 Å². The van der Waals surface area contributed by atoms with Gasteiger partial charge < -0.3 is 24.1 Å². The monoisotopic (exact) mass is 346 g/mol. The quantitative estimate of drug-likeness (QED) is 0.777. The third-order valence-electron chi connectivity index (χ3n) is 3.77. The van der Waals surface area contributed by atoms with Crippen LogP contribution in [-0.4, -0.2) is 37.3 Å². The molecule has 1 heterocycles. The van der Waals surface area contributed by atoms with Crippen LogP contribution in [0.3, 0.4) is 0 Å². The van der Waals surface area contributed by atoms with Crippen molar-refractivity contribution in [3.05, 3.63) is 47.8 Å². The van der Waals surface area contributed by atoms with Gasteiger partial charge in [-0.3, -0.25) is 4.79 Å². The van der Waals surface area contributed by atoms with E-state index in [0.29, 0.717) is 17.2 Å². The van der Waals surface area contributed by atoms with E-state index >= 15 is 0 Å². The molecule has 0 saturated carbocycles. The highest BCUT2D eigenvalue weighted by atomic mass is 16.5. The van der Waals surface area contributed by atoms with Gasteiger partial charge in [0, 0.05) is 18.8 Å². The van der Waals surface area contributed by atoms with Crippen molar-refractivity contribution >= 4 is 11.9 Å². The lowest BCUT2D eigenvalue weighted by atomic mass is 10.1. The molecule has 1 amide bonds. The number of nitrogens with zero attached hydrogens (tertiary/aromatic N) is 1. The SMILES string of the molecule is COc1ccc(OC)c([C@H](C)NC(=O)COC(=O)c2cccn2C)c1. The van der Waals surface area contributed by atoms with Crippen molar-refractivity contribution in [3.63, 3.8) is 0 Å². The van der Waals surface area contributed by atoms with Crippen molar-refractivity contribution in [3.8, 4) is 11.5 Å². The first-order chi connectivity index (χ1) is 12.0. The molecule has 0 bridgehead atoms. The van der Waals surface area contributed by atoms with E-state index in [2.05, 4.69) is 5.32 Å². The number of esters is 1. The Hall–Kier alpha value is -2.96. The Balaban J connectivity index is 1.96. The van der Waals surface area contributed by atoms with Gasteiger partial charge in [0.15, 0.2) is 6.61 Å². The van der Waals surface area contributed by atoms with E-state index in [0.717, 1.165) is 5.56 Å². The van der Waals surface area contributed by atoms with Crippen LogP contribution >= 0.6 is 0 Å². The van der Waals surface area contributed by atoms with Gasteiger partial charge in [0.1, 0.15) is 17.2 Å². The van der Waals surface area contributed by atoms with Crippen LogP contribution in [0.25, 0.3) is 0 Å². The molecule has 1 N–H and O–H groups in total. The molecule has 0 fully saturated rings. The lowest BCUT2D eigenvalue weighted by molar-refractivity contribution is -0.124. The van der Waals surface area contributed by atoms with E-state index < -0.39 is 11.9 Å². The number of nitrogens with one attached hydrogen (secondary N) is 1. The van der Waals surface area contributed by atoms with Crippen LogP contribution in [0, 0.1) is 0 Å². The van der Waals surface area contributed by atoms with Gasteiger partial charge in [0.05, 0.1) is 20.3 Å². The van der Waals surface area contributed by atoms with E-state index in [-0.39, 0.29) is 12.6 Å². The zero-order chi connectivity index (χ0) is 18.4. The summed E-state index contributed by atoms with van der Waals surface area (Å²) in [5.74, 6) is 0.343. The van der Waals surface area contributed by atoms with Crippen LogP contribution in [0.4, 0.5) is 0 Å². The maximum atomic E-state index is 12.1. The number of aromatic nitrogens is 1. The number of hydrogen-bond donors (Lipinski definition) is 1. The van der Waals surface area contributed by atoms with Gasteiger partial charge >= 0.3 is 5.97 Å². The molecule has 0 aliphatic heterocycles. The molecule has 2 rings (SSSR count). The highest BCUT2D eigenvalue weighted by Crippen LogP contribution is 2.29. The Morgan fingerprint density at radius 1 is 1.20 bits per heavy atom. The molecule has 1 atom stereocenters. The zero-order valence-corrected chi connectivity index (χ0v) is 14.7. The zero-order valence-electron chi connectivity index (χ0n) is 14.7. The van der Waals surface area contributed by atoms with Crippen LogP contribution < -0.4 is 14.8 Å². The van der Waals surface area contributed by atoms with Crippen molar-refractivity contribution in [1.29, 1.82) is 0 Å². The highest BCUT2D eigenvalue weighted by Gasteiger charge is 2.17. The maximum absolute atomic E-state index is 12.1. The Morgan fingerprint density at radius 2 is 1.96 bits per heavy atom. The van der Waals surface area contributed by atoms with Crippen LogP contribution in [0.15, 0.2) is 36.5 Å². The molecule has 0 saturated heterocycles. The van der Waals surface area contributed by atoms with Gasteiger partial charge in [-0.05, 0) is 37.3 Å². The fourth-order valence-electron chi connectivity index (χ4n) is 2.42. The van der Waals surface area contributed by atoms with Gasteiger partial charge in [0.2, 0.25) is 0 Å². The fourth-order valence-corrected chi connectivity index (χ4v) is 2.42. The number of methoxy groups -OCH3 is 2. The van der Waals surface area contributed by atoms with E-state index in [9.17, 15) is 9.59 Å². The number of hydrogen-bond acceptors (Lipinski definition) is 5. The van der Waals surface area contributed by atoms with Crippen molar-refractivity contribution in [1.82, 2.24) is 9.88 Å². The van der Waals surface area contributed by atoms with Crippen molar-refractivity contribution in [2.24, 2.45) is 7.05 Å². The minimum atomic E-state index is -0.547. The van der Waals surface area contributed by atoms with Crippen molar-refractivity contribution in [2.75, 3.05) is 20.8 Å². The first-order valence-electron chi connectivity index (χ1n) is 7.76. The number of ether oxygens (including phenoxy) is 3. The molecule has 0 aliphatic carbocycles. The fraction of sp³-hybridized carbons (Fsp3) is 0.333. The van der Waals surface area contributed by atoms with Gasteiger partial charge in [-0.15, -0.1) is 0 Å². The summed E-state index contributed by atoms with van der Waals surface area (Å²) in [5.41, 5.74) is 1.15. The highest BCUT2D eigenvalue weighted by molar-refractivity contribution is 5.90. The van der Waals surface area contributed by atoms with Crippen LogP contribution in [0.1, 0.15) is 29.0 Å². The summed E-state index contributed by atoms with van der Waals surface area (Å²) in [6.07, 6.45) is 1.73. The Kier molecular flexibility index (Phi) is 6.05. The predicted molar refractivity (Wildman–Crippen MR) is 91.8 cm³/mol. The molecule has 1 aromatic heterocycles. The summed E-state index contributed by atoms with van der Waals surface area (Å²) in [5, 5.41) is 2.78. The van der Waals surface area contributed by atoms with Gasteiger partial charge in [0.25, 0.3) is 5.91 Å². The summed E-state index contributed by atoms with van der Waals surface area (Å²) in [7, 11) is 4.85. The molecule has 25 heavy (non-hydrogen) atoms. The van der Waals surface area contributed by atoms with Gasteiger partial charge in [-0.25, -0.2) is 4.79 Å². The molecule has 7 heteroatoms. The molecular weight excluding hydrogens is 324 g/mol. The molecule has 2 aromatic rings. The number of aryl methyl sites for hydroxylation is 1. The van der Waals surface area contributed by atoms with E-state index in [1.54, 1.807) is 62.4 Å². The molecule has 0 spiro atoms. The second kappa shape index (κ2) is 8.23. The third kappa shape index (κ3) is 4.53. The molecular formula is C18H22N2O5. The Morgan fingerprint density at radius 3 is 2.56 bits per heavy atom. The van der Waals surface area contributed by atoms with E-state index in [1.807, 2.05) is 6.92 Å². The van der Waals surface area contributed by atoms with Crippen LogP contribution in [-0.2, 0) is 16.6 Å². The van der Waals surface area contributed by atoms with Gasteiger partial charge in [-0.1, -0.05) is 0 Å². The molecule has 134 valence electrons. The largest absolute Gasteiger partial charge is 0.497 e. The standard InChI is InChI=1S/C18H22N2O5/c1-12(14-10-13(23-3)7-8-16(14)24-4)19-17(21)11-25-18(22)15-6-5-9-20(15)2/h5-10,12H,11H2,1-4H3,(H,19,21)/t12-/m0/s1. The minimum Gasteiger partial charge on any atom is -0.497 e. The van der Waals surface area contributed by atoms with Crippen LogP contribution in [0.2, 0.25) is 0 Å². The topological polar surface area (TPSA) is 78.8 Å². The number of carbonyl (C=O) groups is 2. The summed E-state index contributed by atoms with van der Waals surface area (Å²) in [6.45, 7) is 1.45. The lowest BCUT2D eigenvalue weighted by Gasteiger charge is -2.18. The van der Waals surface area contributed by atoms with Gasteiger partial charge in [-0.2, -0.15) is 0 Å². The van der Waals surface area contributed by atoms with E-state index in [1.165, 1.54) is 0 Å². The first-order valence-corrected chi connectivity index (χ1v) is 7.76. The lowest BCUT2D eigenvalue weighted by Crippen LogP contribution is -2.31. The maximum Gasteiger partial charge on any atom is 0.355 e. The number of rotatable bonds is 7. The van der Waals surface area contributed by atoms with E-state index in [4.69, 9.17) is 14.2 Å². The second-order valence-electron chi connectivity index (χ2n) is 5.48. The number of benzene rings is 1. The normalized spacial score (nSPS) is 11.5. The number of amides is 1. The van der Waals surface area contributed by atoms with Crippen molar-refractivity contribution in [2.45, 2.75) is 13.0 Å². The molecule has 7 nitrogen and oxygen atoms in total. The molecule has 0 unspecified atom stereocenters. The predicted octanol–water partition coefficient (Wildman–Crippen LogP) is 2.08. The van der Waals surface area contributed by atoms with Crippen LogP contribution in [0.5, 0.6) is 11.5 Å². The molecule has 0 aliphatic rings. The second-order valence-corrected chi connectivity index (χ2v) is 5.48. The molecule has 0 radical (unpaired) electrons. The first kappa shape index (κ1) is 18.4. The smallest absolute Gasteiger partial charge is 0.355 e. The average Bonchev–Trinajstić information content (AvgIpc) is 3.05. The Bertz CT molecular complexity index is 754. The summed E-state index contributed by atoms with van der Waals surface area (Å²) >= 11 is 0. The minimum absolute atomic E-state index is 0.341. The third-order valence-corrected chi connectivity index (χ3v) is 3.77. The molecule has 1 aromatic carbocycles. The summed E-state index contributed by atoms with van der Waals surface area (Å²) in [6, 6.07) is 8.36. The summed E-state index contributed by atoms with van der Waals surface area (Å²) in [4.78, 5) is 24.0.